The molecular formula is C16H15Br2NOS. The molecule has 1 aliphatic rings. The van der Waals surface area contributed by atoms with E-state index in [-0.39, 0.29) is 0 Å². The Kier molecular flexibility index (Phi) is 4.82. The number of rotatable bonds is 4. The van der Waals surface area contributed by atoms with Crippen LogP contribution in [0.3, 0.4) is 0 Å². The number of thioether (sulfide) groups is 1. The molecule has 0 aromatic heterocycles. The van der Waals surface area contributed by atoms with E-state index in [0.717, 1.165) is 32.7 Å². The van der Waals surface area contributed by atoms with Crippen molar-refractivity contribution in [1.29, 1.82) is 0 Å². The Morgan fingerprint density at radius 1 is 1.24 bits per heavy atom. The standard InChI is InChI=1S/C16H15Br2NOS/c1-20-15-7-14(12(17)6-13(15)18)19-8-10-9-21-16-5-3-2-4-11(10)16/h2-7,10,19H,8-9H2,1H3. The van der Waals surface area contributed by atoms with Gasteiger partial charge in [0.15, 0.2) is 0 Å². The first-order chi connectivity index (χ1) is 10.2. The number of halogens is 2. The minimum Gasteiger partial charge on any atom is -0.495 e. The molecule has 0 radical (unpaired) electrons. The van der Waals surface area contributed by atoms with Gasteiger partial charge in [-0.3, -0.25) is 0 Å². The Balaban J connectivity index is 1.74. The molecule has 2 nitrogen and oxygen atoms in total. The second-order valence-corrected chi connectivity index (χ2v) is 7.66. The molecule has 0 bridgehead atoms. The van der Waals surface area contributed by atoms with Crippen LogP contribution in [0.4, 0.5) is 5.69 Å². The summed E-state index contributed by atoms with van der Waals surface area (Å²) in [7, 11) is 1.68. The van der Waals surface area contributed by atoms with Gasteiger partial charge in [-0.25, -0.2) is 0 Å². The SMILES string of the molecule is COc1cc(NCC2CSc3ccccc32)c(Br)cc1Br. The lowest BCUT2D eigenvalue weighted by atomic mass is 10.0. The first-order valence-corrected chi connectivity index (χ1v) is 9.25. The number of benzene rings is 2. The highest BCUT2D eigenvalue weighted by Gasteiger charge is 2.22. The molecule has 2 aromatic carbocycles. The van der Waals surface area contributed by atoms with Crippen molar-refractivity contribution in [3.05, 3.63) is 50.9 Å². The monoisotopic (exact) mass is 427 g/mol. The van der Waals surface area contributed by atoms with Crippen LogP contribution < -0.4 is 10.1 Å². The summed E-state index contributed by atoms with van der Waals surface area (Å²) in [6, 6.07) is 12.7. The molecule has 21 heavy (non-hydrogen) atoms. The fraction of sp³-hybridized carbons (Fsp3) is 0.250. The minimum atomic E-state index is 0.549. The van der Waals surface area contributed by atoms with E-state index in [0.29, 0.717) is 5.92 Å². The Labute approximate surface area is 145 Å². The van der Waals surface area contributed by atoms with Crippen LogP contribution in [0, 0.1) is 0 Å². The summed E-state index contributed by atoms with van der Waals surface area (Å²) >= 11 is 9.03. The molecule has 1 heterocycles. The lowest BCUT2D eigenvalue weighted by Gasteiger charge is -2.15. The second kappa shape index (κ2) is 6.63. The van der Waals surface area contributed by atoms with Crippen LogP contribution in [0.1, 0.15) is 11.5 Å². The Hall–Kier alpha value is -0.650. The van der Waals surface area contributed by atoms with E-state index in [1.165, 1.54) is 10.5 Å². The van der Waals surface area contributed by atoms with Crippen LogP contribution in [0.2, 0.25) is 0 Å². The summed E-state index contributed by atoms with van der Waals surface area (Å²) in [4.78, 5) is 1.41. The van der Waals surface area contributed by atoms with Crippen molar-refractivity contribution >= 4 is 49.3 Å². The van der Waals surface area contributed by atoms with Crippen molar-refractivity contribution in [2.24, 2.45) is 0 Å². The number of anilines is 1. The summed E-state index contributed by atoms with van der Waals surface area (Å²) in [6.07, 6.45) is 0. The molecule has 0 fully saturated rings. The zero-order chi connectivity index (χ0) is 14.8. The van der Waals surface area contributed by atoms with Crippen LogP contribution in [0.5, 0.6) is 5.75 Å². The number of ether oxygens (including phenoxy) is 1. The predicted octanol–water partition coefficient (Wildman–Crippen LogP) is 5.52. The van der Waals surface area contributed by atoms with Gasteiger partial charge in [0.1, 0.15) is 5.75 Å². The summed E-state index contributed by atoms with van der Waals surface area (Å²) < 4.78 is 7.34. The van der Waals surface area contributed by atoms with Gasteiger partial charge in [-0.2, -0.15) is 0 Å². The Morgan fingerprint density at radius 3 is 2.86 bits per heavy atom. The van der Waals surface area contributed by atoms with E-state index in [4.69, 9.17) is 4.74 Å². The third kappa shape index (κ3) is 3.25. The fourth-order valence-corrected chi connectivity index (χ4v) is 5.00. The quantitative estimate of drug-likeness (QED) is 0.692. The fourth-order valence-electron chi connectivity index (χ4n) is 2.45. The van der Waals surface area contributed by atoms with Gasteiger partial charge in [0, 0.05) is 33.7 Å². The Morgan fingerprint density at radius 2 is 2.05 bits per heavy atom. The Bertz CT molecular complexity index is 663. The molecule has 0 saturated carbocycles. The third-order valence-corrected chi connectivity index (χ3v) is 6.11. The molecule has 0 spiro atoms. The maximum atomic E-state index is 5.36. The van der Waals surface area contributed by atoms with E-state index in [1.807, 2.05) is 23.9 Å². The number of fused-ring (bicyclic) bond motifs is 1. The summed E-state index contributed by atoms with van der Waals surface area (Å²) in [5, 5.41) is 3.54. The van der Waals surface area contributed by atoms with Crippen molar-refractivity contribution in [1.82, 2.24) is 0 Å². The van der Waals surface area contributed by atoms with Crippen molar-refractivity contribution in [2.45, 2.75) is 10.8 Å². The second-order valence-electron chi connectivity index (χ2n) is 4.89. The zero-order valence-electron chi connectivity index (χ0n) is 11.5. The molecule has 0 aliphatic carbocycles. The average Bonchev–Trinajstić information content (AvgIpc) is 2.90. The highest BCUT2D eigenvalue weighted by Crippen LogP contribution is 2.40. The third-order valence-electron chi connectivity index (χ3n) is 3.58. The van der Waals surface area contributed by atoms with Gasteiger partial charge in [-0.05, 0) is 49.6 Å². The van der Waals surface area contributed by atoms with Crippen LogP contribution in [-0.2, 0) is 0 Å². The van der Waals surface area contributed by atoms with Gasteiger partial charge in [-0.15, -0.1) is 11.8 Å². The topological polar surface area (TPSA) is 21.3 Å². The van der Waals surface area contributed by atoms with Gasteiger partial charge in [0.25, 0.3) is 0 Å². The molecular weight excluding hydrogens is 414 g/mol. The van der Waals surface area contributed by atoms with Gasteiger partial charge >= 0.3 is 0 Å². The van der Waals surface area contributed by atoms with E-state index in [9.17, 15) is 0 Å². The lowest BCUT2D eigenvalue weighted by molar-refractivity contribution is 0.412. The van der Waals surface area contributed by atoms with Crippen molar-refractivity contribution in [3.8, 4) is 5.75 Å². The summed E-state index contributed by atoms with van der Waals surface area (Å²) in [5.41, 5.74) is 2.51. The zero-order valence-corrected chi connectivity index (χ0v) is 15.5. The molecule has 3 rings (SSSR count). The van der Waals surface area contributed by atoms with Gasteiger partial charge < -0.3 is 10.1 Å². The highest BCUT2D eigenvalue weighted by molar-refractivity contribution is 9.11. The predicted molar refractivity (Wildman–Crippen MR) is 96.8 cm³/mol. The van der Waals surface area contributed by atoms with Crippen LogP contribution in [0.25, 0.3) is 0 Å². The van der Waals surface area contributed by atoms with E-state index in [1.54, 1.807) is 7.11 Å². The molecule has 1 aliphatic heterocycles. The molecule has 5 heteroatoms. The van der Waals surface area contributed by atoms with Gasteiger partial charge in [0.05, 0.1) is 17.3 Å². The van der Waals surface area contributed by atoms with Crippen molar-refractivity contribution < 1.29 is 4.74 Å². The first-order valence-electron chi connectivity index (χ1n) is 6.67. The molecule has 2 aromatic rings. The number of hydrogen-bond acceptors (Lipinski definition) is 3. The maximum absolute atomic E-state index is 5.36. The number of methoxy groups -OCH3 is 1. The van der Waals surface area contributed by atoms with E-state index in [2.05, 4.69) is 61.4 Å². The van der Waals surface area contributed by atoms with Crippen LogP contribution >= 0.6 is 43.6 Å². The lowest BCUT2D eigenvalue weighted by Crippen LogP contribution is -2.12. The van der Waals surface area contributed by atoms with E-state index >= 15 is 0 Å². The summed E-state index contributed by atoms with van der Waals surface area (Å²) in [6.45, 7) is 0.924. The summed E-state index contributed by atoms with van der Waals surface area (Å²) in [5.74, 6) is 2.52. The molecule has 1 atom stereocenters. The van der Waals surface area contributed by atoms with Crippen molar-refractivity contribution in [3.63, 3.8) is 0 Å². The molecule has 0 amide bonds. The molecule has 0 saturated heterocycles. The van der Waals surface area contributed by atoms with E-state index < -0.39 is 0 Å². The van der Waals surface area contributed by atoms with Crippen molar-refractivity contribution in [2.75, 3.05) is 24.7 Å². The number of nitrogens with one attached hydrogen (secondary N) is 1. The average molecular weight is 429 g/mol. The van der Waals surface area contributed by atoms with Gasteiger partial charge in [-0.1, -0.05) is 18.2 Å². The molecule has 110 valence electrons. The normalized spacial score (nSPS) is 16.6. The largest absolute Gasteiger partial charge is 0.495 e. The smallest absolute Gasteiger partial charge is 0.135 e. The molecule has 1 unspecified atom stereocenters. The minimum absolute atomic E-state index is 0.549. The first kappa shape index (κ1) is 15.3. The van der Waals surface area contributed by atoms with Gasteiger partial charge in [0.2, 0.25) is 0 Å². The number of hydrogen-bond donors (Lipinski definition) is 1. The molecule has 1 N–H and O–H groups in total. The maximum Gasteiger partial charge on any atom is 0.135 e. The van der Waals surface area contributed by atoms with Crippen LogP contribution in [0.15, 0.2) is 50.2 Å². The highest BCUT2D eigenvalue weighted by atomic mass is 79.9. The van der Waals surface area contributed by atoms with Crippen LogP contribution in [-0.4, -0.2) is 19.4 Å².